The molecule has 6 rings (SSSR count). The predicted octanol–water partition coefficient (Wildman–Crippen LogP) is 9.67. The third kappa shape index (κ3) is 7.01. The molecule has 3 heterocycles. The van der Waals surface area contributed by atoms with Gasteiger partial charge in [0.2, 0.25) is 0 Å². The molecule has 0 saturated carbocycles. The molecule has 4 atom stereocenters. The highest BCUT2D eigenvalue weighted by molar-refractivity contribution is 8.12. The zero-order valence-corrected chi connectivity index (χ0v) is 27.2. The Hall–Kier alpha value is -2.76. The number of benzene rings is 1. The first-order valence-corrected chi connectivity index (χ1v) is 17.0. The number of aromatic nitrogens is 3. The van der Waals surface area contributed by atoms with Crippen molar-refractivity contribution < 1.29 is 0 Å². The second-order valence-corrected chi connectivity index (χ2v) is 13.2. The van der Waals surface area contributed by atoms with Gasteiger partial charge in [-0.25, -0.2) is 9.50 Å². The first kappa shape index (κ1) is 31.2. The fourth-order valence-electron chi connectivity index (χ4n) is 6.17. The van der Waals surface area contributed by atoms with Gasteiger partial charge in [-0.05, 0) is 81.5 Å². The van der Waals surface area contributed by atoms with Gasteiger partial charge < -0.3 is 0 Å². The highest BCUT2D eigenvalue weighted by Crippen LogP contribution is 2.42. The molecule has 1 saturated heterocycles. The molecule has 4 unspecified atom stereocenters. The summed E-state index contributed by atoms with van der Waals surface area (Å²) in [5, 5.41) is 4.35. The van der Waals surface area contributed by atoms with Crippen LogP contribution in [0.25, 0.3) is 11.7 Å². The summed E-state index contributed by atoms with van der Waals surface area (Å²) in [6.07, 6.45) is 19.2. The molecule has 4 nitrogen and oxygen atoms in total. The third-order valence-electron chi connectivity index (χ3n) is 8.62. The van der Waals surface area contributed by atoms with Crippen molar-refractivity contribution in [3.05, 3.63) is 88.4 Å². The summed E-state index contributed by atoms with van der Waals surface area (Å²) < 4.78 is 4.55. The predicted molar refractivity (Wildman–Crippen MR) is 180 cm³/mol. The van der Waals surface area contributed by atoms with Crippen molar-refractivity contribution in [1.82, 2.24) is 18.9 Å². The van der Waals surface area contributed by atoms with E-state index in [0.717, 1.165) is 34.9 Å². The number of fused-ring (bicyclic) bond motifs is 2. The third-order valence-corrected chi connectivity index (χ3v) is 10.4. The Morgan fingerprint density at radius 1 is 1.10 bits per heavy atom. The van der Waals surface area contributed by atoms with Crippen LogP contribution in [0.5, 0.6) is 0 Å². The number of nitrogens with zero attached hydrogens (tertiary/aromatic N) is 4. The molecule has 0 amide bonds. The molecule has 0 N–H and O–H groups in total. The molecule has 5 heteroatoms. The normalized spacial score (nSPS) is 22.6. The number of hydrogen-bond donors (Lipinski definition) is 0. The second kappa shape index (κ2) is 14.4. The van der Waals surface area contributed by atoms with E-state index in [1.54, 1.807) is 5.56 Å². The van der Waals surface area contributed by atoms with Crippen LogP contribution in [-0.4, -0.2) is 37.9 Å². The average Bonchev–Trinajstić information content (AvgIpc) is 3.39. The van der Waals surface area contributed by atoms with E-state index >= 15 is 0 Å². The van der Waals surface area contributed by atoms with Crippen LogP contribution >= 0.6 is 10.7 Å². The summed E-state index contributed by atoms with van der Waals surface area (Å²) in [5.74, 6) is 6.48. The summed E-state index contributed by atoms with van der Waals surface area (Å²) in [7, 11) is -0.00282. The summed E-state index contributed by atoms with van der Waals surface area (Å²) in [6, 6.07) is 8.94. The lowest BCUT2D eigenvalue weighted by atomic mass is 9.88. The van der Waals surface area contributed by atoms with E-state index in [2.05, 4.69) is 105 Å². The molecule has 0 radical (unpaired) electrons. The van der Waals surface area contributed by atoms with E-state index in [1.165, 1.54) is 54.8 Å². The lowest BCUT2D eigenvalue weighted by molar-refractivity contribution is 0.278. The van der Waals surface area contributed by atoms with Crippen molar-refractivity contribution in [2.75, 3.05) is 13.1 Å². The standard InChI is InChI=1S/C19H27NS.C15H17N3.C2H6/c1-4-16-9-7-13-20(14-16)21(3)18-12-6-11-17-10-5-8-15(2)19(17)18;1-10-6-4-5-7-13(10)14-8-12(3)18-15(17-14)11(2)9-16-18;1-2/h5-6,10-12,15-16H,3-4,7-9,13-14H2,1-2H3;4-6,8-9,13H,7H2,1-3H3;1-2H3. The minimum absolute atomic E-state index is 0.00282. The summed E-state index contributed by atoms with van der Waals surface area (Å²) >= 11 is 0. The molecule has 0 spiro atoms. The molecular weight excluding hydrogens is 520 g/mol. The fourth-order valence-corrected chi connectivity index (χ4v) is 8.00. The summed E-state index contributed by atoms with van der Waals surface area (Å²) in [6.45, 7) is 17.5. The first-order chi connectivity index (χ1) is 19.9. The zero-order chi connectivity index (χ0) is 29.5. The second-order valence-electron chi connectivity index (χ2n) is 11.5. The quantitative estimate of drug-likeness (QED) is 0.293. The zero-order valence-electron chi connectivity index (χ0n) is 26.4. The van der Waals surface area contributed by atoms with Crippen molar-refractivity contribution in [3.8, 4) is 0 Å². The van der Waals surface area contributed by atoms with Crippen LogP contribution < -0.4 is 0 Å². The van der Waals surface area contributed by atoms with Crippen molar-refractivity contribution in [2.24, 2.45) is 5.92 Å². The molecule has 2 aliphatic carbocycles. The molecule has 3 aromatic rings. The Bertz CT molecular complexity index is 1440. The van der Waals surface area contributed by atoms with Gasteiger partial charge in [0.1, 0.15) is 0 Å². The van der Waals surface area contributed by atoms with Gasteiger partial charge in [0, 0.05) is 35.2 Å². The van der Waals surface area contributed by atoms with E-state index < -0.39 is 0 Å². The highest BCUT2D eigenvalue weighted by atomic mass is 32.2. The molecule has 220 valence electrons. The van der Waals surface area contributed by atoms with Gasteiger partial charge in [-0.1, -0.05) is 98.7 Å². The Labute approximate surface area is 251 Å². The van der Waals surface area contributed by atoms with Crippen LogP contribution in [0.4, 0.5) is 0 Å². The minimum atomic E-state index is -0.00282. The molecule has 0 bridgehead atoms. The topological polar surface area (TPSA) is 33.4 Å². The van der Waals surface area contributed by atoms with Gasteiger partial charge in [-0.3, -0.25) is 4.31 Å². The number of piperidine rings is 1. The smallest absolute Gasteiger partial charge is 0.158 e. The van der Waals surface area contributed by atoms with Gasteiger partial charge >= 0.3 is 0 Å². The van der Waals surface area contributed by atoms with E-state index in [9.17, 15) is 0 Å². The van der Waals surface area contributed by atoms with Gasteiger partial charge in [0.05, 0.1) is 11.9 Å². The maximum absolute atomic E-state index is 4.80. The van der Waals surface area contributed by atoms with Crippen molar-refractivity contribution in [2.45, 2.75) is 97.3 Å². The monoisotopic (exact) mass is 570 g/mol. The van der Waals surface area contributed by atoms with Crippen LogP contribution in [0, 0.1) is 19.8 Å². The lowest BCUT2D eigenvalue weighted by Gasteiger charge is -2.35. The van der Waals surface area contributed by atoms with E-state index in [-0.39, 0.29) is 10.7 Å². The molecule has 1 aliphatic heterocycles. The van der Waals surface area contributed by atoms with Gasteiger partial charge in [-0.15, -0.1) is 0 Å². The van der Waals surface area contributed by atoms with E-state index in [0.29, 0.717) is 11.8 Å². The van der Waals surface area contributed by atoms with Crippen LogP contribution in [0.15, 0.2) is 65.2 Å². The molecule has 3 aliphatic rings. The van der Waals surface area contributed by atoms with Gasteiger partial charge in [0.15, 0.2) is 5.65 Å². The number of rotatable bonds is 4. The average molecular weight is 571 g/mol. The van der Waals surface area contributed by atoms with Crippen LogP contribution in [-0.2, 0) is 0 Å². The maximum Gasteiger partial charge on any atom is 0.158 e. The highest BCUT2D eigenvalue weighted by Gasteiger charge is 2.24. The van der Waals surface area contributed by atoms with Crippen molar-refractivity contribution >= 4 is 28.3 Å². The number of allylic oxidation sites excluding steroid dienone is 5. The maximum atomic E-state index is 4.80. The SMILES string of the molecule is C=S(c1cccc2c1C(C)CC=C2)N1CCCC(CC)C1.CC.CC1=CC=CCC1c1cc(C)n2ncc(C)c2n1. The summed E-state index contributed by atoms with van der Waals surface area (Å²) in [4.78, 5) is 6.28. The Kier molecular flexibility index (Phi) is 11.0. The molecule has 41 heavy (non-hydrogen) atoms. The van der Waals surface area contributed by atoms with E-state index in [4.69, 9.17) is 4.98 Å². The van der Waals surface area contributed by atoms with E-state index in [1.807, 2.05) is 24.6 Å². The molecule has 1 aromatic carbocycles. The first-order valence-electron chi connectivity index (χ1n) is 15.6. The number of hydrogen-bond acceptors (Lipinski definition) is 3. The lowest BCUT2D eigenvalue weighted by Crippen LogP contribution is -2.31. The molecule has 2 aromatic heterocycles. The Balaban J connectivity index is 0.000000180. The van der Waals surface area contributed by atoms with Crippen molar-refractivity contribution in [1.29, 1.82) is 0 Å². The number of aryl methyl sites for hydroxylation is 2. The van der Waals surface area contributed by atoms with Crippen LogP contribution in [0.2, 0.25) is 0 Å². The summed E-state index contributed by atoms with van der Waals surface area (Å²) in [5.41, 5.74) is 8.76. The largest absolute Gasteiger partial charge is 0.252 e. The molecule has 1 fully saturated rings. The Morgan fingerprint density at radius 2 is 1.90 bits per heavy atom. The van der Waals surface area contributed by atoms with Crippen LogP contribution in [0.1, 0.15) is 107 Å². The van der Waals surface area contributed by atoms with Gasteiger partial charge in [-0.2, -0.15) is 5.10 Å². The minimum Gasteiger partial charge on any atom is -0.252 e. The van der Waals surface area contributed by atoms with Crippen LogP contribution in [0.3, 0.4) is 0 Å². The van der Waals surface area contributed by atoms with Gasteiger partial charge in [0.25, 0.3) is 0 Å². The Morgan fingerprint density at radius 3 is 2.66 bits per heavy atom. The molecular formula is C36H50N4S. The fraction of sp³-hybridized carbons (Fsp3) is 0.472. The van der Waals surface area contributed by atoms with Crippen molar-refractivity contribution in [3.63, 3.8) is 0 Å².